The van der Waals surface area contributed by atoms with E-state index in [9.17, 15) is 4.79 Å². The Labute approximate surface area is 112 Å². The molecule has 5 heteroatoms. The third-order valence-electron chi connectivity index (χ3n) is 2.77. The summed E-state index contributed by atoms with van der Waals surface area (Å²) in [5, 5.41) is 2.84. The lowest BCUT2D eigenvalue weighted by molar-refractivity contribution is -0.123. The molecule has 1 aromatic carbocycles. The van der Waals surface area contributed by atoms with Crippen LogP contribution >= 0.6 is 12.2 Å². The molecule has 0 unspecified atom stereocenters. The first-order valence-electron chi connectivity index (χ1n) is 5.94. The molecule has 0 saturated heterocycles. The Morgan fingerprint density at radius 1 is 1.50 bits per heavy atom. The molecule has 0 aliphatic heterocycles. The molecule has 96 valence electrons. The average Bonchev–Trinajstić information content (AvgIpc) is 3.18. The number of amides is 1. The second-order valence-electron chi connectivity index (χ2n) is 4.43. The normalized spacial score (nSPS) is 14.0. The van der Waals surface area contributed by atoms with Crippen LogP contribution in [-0.4, -0.2) is 24.0 Å². The molecular weight excluding hydrogens is 248 g/mol. The van der Waals surface area contributed by atoms with Crippen molar-refractivity contribution in [2.24, 2.45) is 11.7 Å². The first kappa shape index (κ1) is 12.8. The van der Waals surface area contributed by atoms with Gasteiger partial charge >= 0.3 is 0 Å². The smallest absolute Gasteiger partial charge is 0.257 e. The minimum absolute atomic E-state index is 0.0213. The zero-order valence-electron chi connectivity index (χ0n) is 10.0. The van der Waals surface area contributed by atoms with Gasteiger partial charge in [-0.3, -0.25) is 4.79 Å². The Hall–Kier alpha value is -1.62. The van der Waals surface area contributed by atoms with Crippen LogP contribution in [0.25, 0.3) is 0 Å². The Balaban J connectivity index is 1.79. The van der Waals surface area contributed by atoms with Crippen molar-refractivity contribution in [3.63, 3.8) is 0 Å². The Morgan fingerprint density at radius 3 is 2.94 bits per heavy atom. The van der Waals surface area contributed by atoms with Crippen molar-refractivity contribution in [2.45, 2.75) is 12.8 Å². The zero-order valence-corrected chi connectivity index (χ0v) is 10.8. The lowest BCUT2D eigenvalue weighted by Gasteiger charge is -2.08. The van der Waals surface area contributed by atoms with E-state index >= 15 is 0 Å². The van der Waals surface area contributed by atoms with E-state index in [1.54, 1.807) is 18.2 Å². The molecule has 2 rings (SSSR count). The molecule has 0 heterocycles. The van der Waals surface area contributed by atoms with Crippen molar-refractivity contribution in [1.82, 2.24) is 5.32 Å². The van der Waals surface area contributed by atoms with Crippen molar-refractivity contribution in [3.8, 4) is 5.75 Å². The van der Waals surface area contributed by atoms with E-state index in [4.69, 9.17) is 22.7 Å². The molecule has 1 aromatic rings. The summed E-state index contributed by atoms with van der Waals surface area (Å²) in [7, 11) is 0. The fourth-order valence-electron chi connectivity index (χ4n) is 1.52. The monoisotopic (exact) mass is 264 g/mol. The van der Waals surface area contributed by atoms with E-state index in [1.165, 1.54) is 12.8 Å². The second-order valence-corrected chi connectivity index (χ2v) is 4.87. The van der Waals surface area contributed by atoms with Crippen LogP contribution in [0.1, 0.15) is 18.4 Å². The van der Waals surface area contributed by atoms with E-state index in [-0.39, 0.29) is 12.5 Å². The predicted molar refractivity (Wildman–Crippen MR) is 73.6 cm³/mol. The van der Waals surface area contributed by atoms with Crippen LogP contribution in [0, 0.1) is 5.92 Å². The fourth-order valence-corrected chi connectivity index (χ4v) is 1.65. The van der Waals surface area contributed by atoms with Crippen LogP contribution in [0.4, 0.5) is 0 Å². The molecule has 0 spiro atoms. The summed E-state index contributed by atoms with van der Waals surface area (Å²) in [6.45, 7) is 0.780. The van der Waals surface area contributed by atoms with Gasteiger partial charge in [0.1, 0.15) is 10.7 Å². The van der Waals surface area contributed by atoms with Gasteiger partial charge in [0, 0.05) is 12.1 Å². The summed E-state index contributed by atoms with van der Waals surface area (Å²) in [4.78, 5) is 11.8. The standard InChI is InChI=1S/C13H16N2O2S/c14-13(18)10-2-1-3-11(6-10)17-8-12(16)15-7-9-4-5-9/h1-3,6,9H,4-5,7-8H2,(H2,14,18)(H,15,16). The van der Waals surface area contributed by atoms with Crippen molar-refractivity contribution in [2.75, 3.05) is 13.2 Å². The van der Waals surface area contributed by atoms with Crippen LogP contribution in [0.2, 0.25) is 0 Å². The van der Waals surface area contributed by atoms with Crippen LogP contribution < -0.4 is 15.8 Å². The Morgan fingerprint density at radius 2 is 2.28 bits per heavy atom. The molecule has 18 heavy (non-hydrogen) atoms. The summed E-state index contributed by atoms with van der Waals surface area (Å²) in [5.41, 5.74) is 6.26. The molecule has 0 atom stereocenters. The topological polar surface area (TPSA) is 64.3 Å². The number of nitrogens with one attached hydrogen (secondary N) is 1. The SMILES string of the molecule is NC(=S)c1cccc(OCC(=O)NCC2CC2)c1. The van der Waals surface area contributed by atoms with Gasteiger partial charge in [0.2, 0.25) is 0 Å². The molecule has 1 amide bonds. The molecule has 0 bridgehead atoms. The van der Waals surface area contributed by atoms with Crippen molar-refractivity contribution in [3.05, 3.63) is 29.8 Å². The van der Waals surface area contributed by atoms with Crippen LogP contribution in [0.15, 0.2) is 24.3 Å². The molecule has 3 N–H and O–H groups in total. The van der Waals surface area contributed by atoms with E-state index in [1.807, 2.05) is 6.07 Å². The largest absolute Gasteiger partial charge is 0.484 e. The number of hydrogen-bond donors (Lipinski definition) is 2. The summed E-state index contributed by atoms with van der Waals surface area (Å²) >= 11 is 4.88. The number of rotatable bonds is 6. The maximum Gasteiger partial charge on any atom is 0.257 e. The molecule has 1 fully saturated rings. The number of benzene rings is 1. The molecular formula is C13H16N2O2S. The highest BCUT2D eigenvalue weighted by molar-refractivity contribution is 7.80. The molecule has 1 aliphatic rings. The third kappa shape index (κ3) is 4.00. The summed E-state index contributed by atoms with van der Waals surface area (Å²) in [6, 6.07) is 7.11. The van der Waals surface area contributed by atoms with E-state index in [0.29, 0.717) is 16.7 Å². The number of thiocarbonyl (C=S) groups is 1. The van der Waals surface area contributed by atoms with Gasteiger partial charge in [-0.15, -0.1) is 0 Å². The molecule has 0 radical (unpaired) electrons. The highest BCUT2D eigenvalue weighted by Crippen LogP contribution is 2.27. The average molecular weight is 264 g/mol. The molecule has 1 saturated carbocycles. The maximum atomic E-state index is 11.5. The quantitative estimate of drug-likeness (QED) is 0.758. The minimum Gasteiger partial charge on any atom is -0.484 e. The minimum atomic E-state index is -0.0948. The van der Waals surface area contributed by atoms with Gasteiger partial charge in [0.05, 0.1) is 0 Å². The molecule has 0 aromatic heterocycles. The van der Waals surface area contributed by atoms with Gasteiger partial charge in [-0.25, -0.2) is 0 Å². The van der Waals surface area contributed by atoms with Gasteiger partial charge in [-0.2, -0.15) is 0 Å². The first-order chi connectivity index (χ1) is 8.65. The van der Waals surface area contributed by atoms with Crippen LogP contribution in [0.3, 0.4) is 0 Å². The lowest BCUT2D eigenvalue weighted by Crippen LogP contribution is -2.30. The number of carbonyl (C=O) groups excluding carboxylic acids is 1. The van der Waals surface area contributed by atoms with Gasteiger partial charge in [-0.05, 0) is 30.9 Å². The first-order valence-corrected chi connectivity index (χ1v) is 6.35. The van der Waals surface area contributed by atoms with Gasteiger partial charge < -0.3 is 15.8 Å². The number of hydrogen-bond acceptors (Lipinski definition) is 3. The van der Waals surface area contributed by atoms with E-state index in [0.717, 1.165) is 12.1 Å². The van der Waals surface area contributed by atoms with E-state index in [2.05, 4.69) is 5.32 Å². The van der Waals surface area contributed by atoms with Crippen LogP contribution in [-0.2, 0) is 4.79 Å². The van der Waals surface area contributed by atoms with Gasteiger partial charge in [0.15, 0.2) is 6.61 Å². The van der Waals surface area contributed by atoms with Gasteiger partial charge in [-0.1, -0.05) is 24.4 Å². The summed E-state index contributed by atoms with van der Waals surface area (Å²) in [5.74, 6) is 1.18. The highest BCUT2D eigenvalue weighted by atomic mass is 32.1. The number of nitrogens with two attached hydrogens (primary N) is 1. The molecule has 1 aliphatic carbocycles. The van der Waals surface area contributed by atoms with Crippen molar-refractivity contribution < 1.29 is 9.53 Å². The highest BCUT2D eigenvalue weighted by Gasteiger charge is 2.21. The van der Waals surface area contributed by atoms with Crippen LogP contribution in [0.5, 0.6) is 5.75 Å². The third-order valence-corrected chi connectivity index (χ3v) is 3.01. The fraction of sp³-hybridized carbons (Fsp3) is 0.385. The van der Waals surface area contributed by atoms with Gasteiger partial charge in [0.25, 0.3) is 5.91 Å². The summed E-state index contributed by atoms with van der Waals surface area (Å²) in [6.07, 6.45) is 2.44. The van der Waals surface area contributed by atoms with Crippen molar-refractivity contribution in [1.29, 1.82) is 0 Å². The number of carbonyl (C=O) groups is 1. The number of ether oxygens (including phenoxy) is 1. The zero-order chi connectivity index (χ0) is 13.0. The Kier molecular flexibility index (Phi) is 4.15. The van der Waals surface area contributed by atoms with Crippen molar-refractivity contribution >= 4 is 23.1 Å². The molecule has 4 nitrogen and oxygen atoms in total. The Bertz CT molecular complexity index is 458. The van der Waals surface area contributed by atoms with E-state index < -0.39 is 0 Å². The maximum absolute atomic E-state index is 11.5. The summed E-state index contributed by atoms with van der Waals surface area (Å²) < 4.78 is 5.38. The predicted octanol–water partition coefficient (Wildman–Crippen LogP) is 1.23. The second kappa shape index (κ2) is 5.82. The lowest BCUT2D eigenvalue weighted by atomic mass is 10.2.